The number of amides is 2. The number of aromatic nitrogens is 3. The molecule has 2 N–H and O–H groups in total. The monoisotopic (exact) mass is 386 g/mol. The molecule has 0 unspecified atom stereocenters. The first kappa shape index (κ1) is 18.7. The molecule has 0 fully saturated rings. The Labute approximate surface area is 160 Å². The minimum Gasteiger partial charge on any atom is -0.352 e. The predicted molar refractivity (Wildman–Crippen MR) is 103 cm³/mol. The van der Waals surface area contributed by atoms with Crippen LogP contribution in [-0.4, -0.2) is 28.0 Å². The topological polar surface area (TPSA) is 83.0 Å². The van der Waals surface area contributed by atoms with Gasteiger partial charge in [0.2, 0.25) is 0 Å². The summed E-state index contributed by atoms with van der Waals surface area (Å²) in [4.78, 5) is 26.9. The molecule has 2 amide bonds. The highest BCUT2D eigenvalue weighted by atomic mass is 32.1. The van der Waals surface area contributed by atoms with Gasteiger partial charge in [-0.1, -0.05) is 12.1 Å². The molecule has 140 valence electrons. The van der Waals surface area contributed by atoms with Gasteiger partial charge < -0.3 is 10.2 Å². The number of urea groups is 1. The minimum absolute atomic E-state index is 0.233. The van der Waals surface area contributed by atoms with Crippen molar-refractivity contribution in [2.45, 2.75) is 20.0 Å². The second-order valence-corrected chi connectivity index (χ2v) is 6.76. The number of carbonyl (C=O) groups is 1. The zero-order valence-corrected chi connectivity index (χ0v) is 15.8. The highest BCUT2D eigenvalue weighted by Gasteiger charge is 2.11. The van der Waals surface area contributed by atoms with Gasteiger partial charge in [0.05, 0.1) is 17.9 Å². The second kappa shape index (κ2) is 8.54. The van der Waals surface area contributed by atoms with Crippen molar-refractivity contribution in [2.24, 2.45) is 0 Å². The maximum absolute atomic E-state index is 13.1. The summed E-state index contributed by atoms with van der Waals surface area (Å²) < 4.78 is 13.1. The van der Waals surface area contributed by atoms with Crippen LogP contribution in [0.5, 0.6) is 0 Å². The Balaban J connectivity index is 1.53. The van der Waals surface area contributed by atoms with E-state index in [1.165, 1.54) is 23.5 Å². The summed E-state index contributed by atoms with van der Waals surface area (Å²) in [6.45, 7) is 2.68. The van der Waals surface area contributed by atoms with Crippen molar-refractivity contribution >= 4 is 28.3 Å². The molecule has 2 heterocycles. The summed E-state index contributed by atoms with van der Waals surface area (Å²) >= 11 is 1.34. The van der Waals surface area contributed by atoms with Gasteiger partial charge in [-0.25, -0.2) is 19.2 Å². The first-order valence-electron chi connectivity index (χ1n) is 8.23. The van der Waals surface area contributed by atoms with Crippen LogP contribution in [0.3, 0.4) is 0 Å². The second-order valence-electron chi connectivity index (χ2n) is 5.90. The Morgan fingerprint density at radius 2 is 2.11 bits per heavy atom. The molecular weight excluding hydrogens is 367 g/mol. The summed E-state index contributed by atoms with van der Waals surface area (Å²) in [5.74, 6) is 0.453. The van der Waals surface area contributed by atoms with E-state index in [1.807, 2.05) is 24.3 Å². The van der Waals surface area contributed by atoms with Crippen molar-refractivity contribution in [2.75, 3.05) is 17.3 Å². The normalized spacial score (nSPS) is 10.5. The first-order valence-corrected chi connectivity index (χ1v) is 9.11. The van der Waals surface area contributed by atoms with Crippen molar-refractivity contribution < 1.29 is 9.18 Å². The van der Waals surface area contributed by atoms with Crippen molar-refractivity contribution in [3.63, 3.8) is 0 Å². The van der Waals surface area contributed by atoms with E-state index in [-0.39, 0.29) is 12.4 Å². The molecule has 0 radical (unpaired) electrons. The van der Waals surface area contributed by atoms with Gasteiger partial charge in [-0.15, -0.1) is 11.3 Å². The zero-order valence-electron chi connectivity index (χ0n) is 14.9. The van der Waals surface area contributed by atoms with Crippen LogP contribution in [0.25, 0.3) is 0 Å². The summed E-state index contributed by atoms with van der Waals surface area (Å²) in [5.41, 5.74) is 2.34. The third-order valence-electron chi connectivity index (χ3n) is 3.73. The fraction of sp³-hybridized carbons (Fsp3) is 0.222. The number of carbonyl (C=O) groups excluding carboxylic acids is 1. The lowest BCUT2D eigenvalue weighted by Gasteiger charge is -2.17. The van der Waals surface area contributed by atoms with E-state index in [1.54, 1.807) is 24.5 Å². The lowest BCUT2D eigenvalue weighted by atomic mass is 10.2. The maximum atomic E-state index is 13.1. The van der Waals surface area contributed by atoms with E-state index in [0.717, 1.165) is 17.2 Å². The third kappa shape index (κ3) is 5.20. The lowest BCUT2D eigenvalue weighted by Crippen LogP contribution is -2.28. The first-order chi connectivity index (χ1) is 13.0. The van der Waals surface area contributed by atoms with Crippen LogP contribution in [0.15, 0.2) is 42.0 Å². The van der Waals surface area contributed by atoms with Crippen molar-refractivity contribution in [3.8, 4) is 0 Å². The summed E-state index contributed by atoms with van der Waals surface area (Å²) in [6, 6.07) is 5.70. The Kier molecular flexibility index (Phi) is 5.92. The molecule has 0 bridgehead atoms. The molecule has 0 saturated heterocycles. The average molecular weight is 386 g/mol. The number of aryl methyl sites for hydroxylation is 1. The maximum Gasteiger partial charge on any atom is 0.321 e. The van der Waals surface area contributed by atoms with Gasteiger partial charge in [-0.3, -0.25) is 10.3 Å². The molecule has 9 heteroatoms. The van der Waals surface area contributed by atoms with Gasteiger partial charge in [0.25, 0.3) is 0 Å². The highest BCUT2D eigenvalue weighted by Crippen LogP contribution is 2.19. The number of hydrogen-bond acceptors (Lipinski definition) is 6. The molecule has 0 aliphatic heterocycles. The van der Waals surface area contributed by atoms with Crippen molar-refractivity contribution in [3.05, 3.63) is 64.8 Å². The SMILES string of the molecule is Cc1nccnc1N(C)Cc1csc(NC(=O)NCc2cccc(F)c2)n1. The number of nitrogens with one attached hydrogen (secondary N) is 2. The molecular formula is C18H19FN6OS. The van der Waals surface area contributed by atoms with Crippen LogP contribution in [0, 0.1) is 12.7 Å². The van der Waals surface area contributed by atoms with Crippen molar-refractivity contribution in [1.29, 1.82) is 0 Å². The average Bonchev–Trinajstić information content (AvgIpc) is 3.07. The highest BCUT2D eigenvalue weighted by molar-refractivity contribution is 7.13. The number of thiazole rings is 1. The molecule has 2 aromatic heterocycles. The number of hydrogen-bond donors (Lipinski definition) is 2. The van der Waals surface area contributed by atoms with Gasteiger partial charge in [0.1, 0.15) is 11.6 Å². The molecule has 1 aromatic carbocycles. The number of nitrogens with zero attached hydrogens (tertiary/aromatic N) is 4. The van der Waals surface area contributed by atoms with E-state index >= 15 is 0 Å². The van der Waals surface area contributed by atoms with Crippen LogP contribution in [-0.2, 0) is 13.1 Å². The molecule has 27 heavy (non-hydrogen) atoms. The number of rotatable bonds is 6. The van der Waals surface area contributed by atoms with Crippen LogP contribution >= 0.6 is 11.3 Å². The fourth-order valence-corrected chi connectivity index (χ4v) is 3.20. The number of halogens is 1. The van der Waals surface area contributed by atoms with Gasteiger partial charge in [-0.05, 0) is 24.6 Å². The van der Waals surface area contributed by atoms with Gasteiger partial charge in [0, 0.05) is 31.4 Å². The summed E-state index contributed by atoms with van der Waals surface area (Å²) in [6.07, 6.45) is 3.30. The van der Waals surface area contributed by atoms with Crippen LogP contribution in [0.4, 0.5) is 20.1 Å². The molecule has 0 saturated carbocycles. The Bertz CT molecular complexity index is 931. The number of anilines is 2. The molecule has 0 atom stereocenters. The minimum atomic E-state index is -0.390. The molecule has 0 aliphatic carbocycles. The molecule has 3 aromatic rings. The summed E-state index contributed by atoms with van der Waals surface area (Å²) in [5, 5.41) is 7.74. The van der Waals surface area contributed by atoms with Crippen LogP contribution in [0.2, 0.25) is 0 Å². The van der Waals surface area contributed by atoms with E-state index < -0.39 is 6.03 Å². The Morgan fingerprint density at radius 1 is 1.30 bits per heavy atom. The van der Waals surface area contributed by atoms with Gasteiger partial charge >= 0.3 is 6.03 Å². The Morgan fingerprint density at radius 3 is 2.89 bits per heavy atom. The molecule has 0 aliphatic rings. The van der Waals surface area contributed by atoms with Crippen molar-refractivity contribution in [1.82, 2.24) is 20.3 Å². The van der Waals surface area contributed by atoms with E-state index in [9.17, 15) is 9.18 Å². The van der Waals surface area contributed by atoms with Gasteiger partial charge in [0.15, 0.2) is 5.13 Å². The smallest absolute Gasteiger partial charge is 0.321 e. The quantitative estimate of drug-likeness (QED) is 0.679. The standard InChI is InChI=1S/C18H19FN6OS/c1-12-16(21-7-6-20-12)25(2)10-15-11-27-18(23-15)24-17(26)22-9-13-4-3-5-14(19)8-13/h3-8,11H,9-10H2,1-2H3,(H2,22,23,24,26). The lowest BCUT2D eigenvalue weighted by molar-refractivity contribution is 0.251. The van der Waals surface area contributed by atoms with Crippen LogP contribution in [0.1, 0.15) is 17.0 Å². The predicted octanol–water partition coefficient (Wildman–Crippen LogP) is 3.34. The third-order valence-corrected chi connectivity index (χ3v) is 4.54. The number of benzene rings is 1. The Hall–Kier alpha value is -3.07. The van der Waals surface area contributed by atoms with E-state index in [4.69, 9.17) is 0 Å². The summed E-state index contributed by atoms with van der Waals surface area (Å²) in [7, 11) is 1.91. The van der Waals surface area contributed by atoms with Gasteiger partial charge in [-0.2, -0.15) is 0 Å². The molecule has 0 spiro atoms. The van der Waals surface area contributed by atoms with Crippen LogP contribution < -0.4 is 15.5 Å². The largest absolute Gasteiger partial charge is 0.352 e. The zero-order chi connectivity index (χ0) is 19.2. The van der Waals surface area contributed by atoms with E-state index in [2.05, 4.69) is 25.6 Å². The fourth-order valence-electron chi connectivity index (χ4n) is 2.50. The molecule has 7 nitrogen and oxygen atoms in total. The molecule has 3 rings (SSSR count). The van der Waals surface area contributed by atoms with E-state index in [0.29, 0.717) is 17.2 Å².